The van der Waals surface area contributed by atoms with Crippen molar-refractivity contribution in [1.82, 2.24) is 15.2 Å². The molecule has 17 heteroatoms. The van der Waals surface area contributed by atoms with E-state index in [4.69, 9.17) is 10.8 Å². The number of aliphatic carboxylic acids is 2. The number of nitrogens with one attached hydrogen (secondary N) is 1. The number of β-lactam (4-membered cyclic amide) rings is 1. The van der Waals surface area contributed by atoms with Crippen molar-refractivity contribution in [3.8, 4) is 0 Å². The fourth-order valence-corrected chi connectivity index (χ4v) is 5.88. The van der Waals surface area contributed by atoms with Crippen LogP contribution in [-0.2, 0) is 24.0 Å². The largest absolute Gasteiger partial charge is 0.481 e. The number of rotatable bonds is 10. The van der Waals surface area contributed by atoms with Crippen LogP contribution >= 0.6 is 23.1 Å². The van der Waals surface area contributed by atoms with E-state index in [1.807, 2.05) is 0 Å². The molecule has 2 aliphatic rings. The number of carboxylic acid groups (broad SMARTS) is 2. The molecular weight excluding hydrogens is 556 g/mol. The molecular formula is C22H20N6O9S2. The summed E-state index contributed by atoms with van der Waals surface area (Å²) in [5.41, 5.74) is 4.29. The first-order chi connectivity index (χ1) is 18.5. The molecule has 204 valence electrons. The molecule has 1 aromatic heterocycles. The number of nitro groups is 1. The van der Waals surface area contributed by atoms with Gasteiger partial charge in [0.1, 0.15) is 22.5 Å². The molecule has 3 heterocycles. The van der Waals surface area contributed by atoms with Crippen LogP contribution in [0.25, 0.3) is 6.08 Å². The molecule has 1 aromatic carbocycles. The highest BCUT2D eigenvalue weighted by atomic mass is 32.2. The van der Waals surface area contributed by atoms with Gasteiger partial charge in [0.05, 0.1) is 4.92 Å². The molecule has 0 bridgehead atoms. The molecule has 0 aliphatic carbocycles. The van der Waals surface area contributed by atoms with Crippen LogP contribution in [0.2, 0.25) is 0 Å². The van der Waals surface area contributed by atoms with Crippen LogP contribution in [0.15, 0.2) is 40.9 Å². The molecule has 4 rings (SSSR count). The van der Waals surface area contributed by atoms with Gasteiger partial charge >= 0.3 is 11.9 Å². The van der Waals surface area contributed by atoms with Gasteiger partial charge in [-0.3, -0.25) is 24.5 Å². The zero-order valence-corrected chi connectivity index (χ0v) is 21.4. The summed E-state index contributed by atoms with van der Waals surface area (Å²) >= 11 is 2.18. The third-order valence-corrected chi connectivity index (χ3v) is 8.06. The number of nitrogens with two attached hydrogens (primary N) is 1. The molecule has 15 nitrogen and oxygen atoms in total. The summed E-state index contributed by atoms with van der Waals surface area (Å²) in [6.45, 7) is -0.963. The van der Waals surface area contributed by atoms with Gasteiger partial charge in [-0.2, -0.15) is 0 Å². The first-order valence-corrected chi connectivity index (χ1v) is 13.0. The minimum Gasteiger partial charge on any atom is -0.481 e. The summed E-state index contributed by atoms with van der Waals surface area (Å²) < 4.78 is 0. The van der Waals surface area contributed by atoms with Crippen LogP contribution in [0.5, 0.6) is 0 Å². The van der Waals surface area contributed by atoms with Gasteiger partial charge in [-0.25, -0.2) is 9.78 Å². The van der Waals surface area contributed by atoms with E-state index in [2.05, 4.69) is 20.3 Å². The maximum atomic E-state index is 12.9. The van der Waals surface area contributed by atoms with Crippen molar-refractivity contribution >= 4 is 69.5 Å². The number of non-ortho nitro benzene ring substituents is 1. The molecule has 0 spiro atoms. The van der Waals surface area contributed by atoms with Crippen LogP contribution in [0.3, 0.4) is 0 Å². The fraction of sp³-hybridized carbons (Fsp3) is 0.273. The Morgan fingerprint density at radius 3 is 2.64 bits per heavy atom. The Hall–Kier alpha value is -4.51. The molecule has 2 fully saturated rings. The lowest BCUT2D eigenvalue weighted by atomic mass is 9.86. The lowest BCUT2D eigenvalue weighted by Gasteiger charge is -2.53. The Kier molecular flexibility index (Phi) is 7.82. The average molecular weight is 577 g/mol. The summed E-state index contributed by atoms with van der Waals surface area (Å²) in [6.07, 6.45) is 2.98. The van der Waals surface area contributed by atoms with Gasteiger partial charge in [0.25, 0.3) is 11.6 Å². The van der Waals surface area contributed by atoms with Crippen molar-refractivity contribution in [2.75, 3.05) is 24.6 Å². The highest BCUT2D eigenvalue weighted by Gasteiger charge is 2.57. The normalized spacial score (nSPS) is 22.6. The molecule has 2 saturated heterocycles. The summed E-state index contributed by atoms with van der Waals surface area (Å²) in [5, 5.41) is 36.7. The van der Waals surface area contributed by atoms with E-state index >= 15 is 0 Å². The first kappa shape index (κ1) is 27.5. The number of nitrogens with zero attached hydrogens (tertiary/aromatic N) is 4. The van der Waals surface area contributed by atoms with E-state index in [1.165, 1.54) is 46.7 Å². The second-order valence-electron chi connectivity index (χ2n) is 8.44. The number of thiazole rings is 1. The number of fused-ring (bicyclic) bond motifs is 1. The molecule has 39 heavy (non-hydrogen) atoms. The highest BCUT2D eigenvalue weighted by molar-refractivity contribution is 8.00. The smallest absolute Gasteiger partial charge is 0.344 e. The van der Waals surface area contributed by atoms with Crippen molar-refractivity contribution in [1.29, 1.82) is 0 Å². The predicted octanol–water partition coefficient (Wildman–Crippen LogP) is 0.623. The number of amides is 2. The number of nitrogen functional groups attached to an aromatic ring is 1. The van der Waals surface area contributed by atoms with E-state index < -0.39 is 52.1 Å². The minimum atomic E-state index is -1.43. The van der Waals surface area contributed by atoms with Crippen molar-refractivity contribution in [3.63, 3.8) is 0 Å². The van der Waals surface area contributed by atoms with Gasteiger partial charge in [0.15, 0.2) is 10.8 Å². The van der Waals surface area contributed by atoms with Crippen LogP contribution in [-0.4, -0.2) is 84.8 Å². The molecule has 5 N–H and O–H groups in total. The zero-order chi connectivity index (χ0) is 28.3. The number of thioether (sulfide) groups is 1. The summed E-state index contributed by atoms with van der Waals surface area (Å²) in [6, 6.07) is 4.58. The van der Waals surface area contributed by atoms with Gasteiger partial charge in [0.2, 0.25) is 12.5 Å². The standard InChI is InChI=1S/C22H20N6O9S2/c23-21-24-13(8-38-21)15(26-37-7-14(29)30)17(31)25-16-18(32)27-9-22(20(33)34,10-39-19(16)27)6-5-11-1-3-12(4-2-11)28(35)36/h1-6,8,16,19H,7,9-10H2,(H2,23,24)(H,25,31)(H,29,30)(H,33,34)/t16?,19-,22?/m1/s1. The third-order valence-electron chi connectivity index (χ3n) is 5.84. The number of hydrogen-bond donors (Lipinski definition) is 4. The second-order valence-corrected chi connectivity index (χ2v) is 10.4. The maximum absolute atomic E-state index is 12.9. The van der Waals surface area contributed by atoms with E-state index in [0.29, 0.717) is 5.56 Å². The van der Waals surface area contributed by atoms with Crippen molar-refractivity contribution in [2.45, 2.75) is 11.4 Å². The molecule has 2 aromatic rings. The number of carboxylic acids is 2. The second kappa shape index (κ2) is 11.1. The third kappa shape index (κ3) is 5.83. The SMILES string of the molecule is Nc1nc(C(=NOCC(=O)O)C(=O)NC2C(=O)N3CC(C=Cc4ccc([N+](=O)[O-])cc4)(C(=O)O)CS[C@H]23)cs1. The number of oxime groups is 1. The molecule has 2 unspecified atom stereocenters. The van der Waals surface area contributed by atoms with Gasteiger partial charge in [-0.05, 0) is 17.7 Å². The van der Waals surface area contributed by atoms with Crippen LogP contribution in [0.4, 0.5) is 10.8 Å². The molecule has 0 radical (unpaired) electrons. The Labute approximate surface area is 227 Å². The van der Waals surface area contributed by atoms with E-state index in [1.54, 1.807) is 0 Å². The number of carbonyl (C=O) groups excluding carboxylic acids is 2. The molecule has 2 aliphatic heterocycles. The summed E-state index contributed by atoms with van der Waals surface area (Å²) in [5.74, 6) is -3.75. The monoisotopic (exact) mass is 576 g/mol. The van der Waals surface area contributed by atoms with Crippen LogP contribution in [0.1, 0.15) is 11.3 Å². The molecule has 3 atom stereocenters. The Morgan fingerprint density at radius 2 is 2.05 bits per heavy atom. The summed E-state index contributed by atoms with van der Waals surface area (Å²) in [7, 11) is 0. The van der Waals surface area contributed by atoms with E-state index in [0.717, 1.165) is 23.1 Å². The quantitative estimate of drug-likeness (QED) is 0.132. The number of anilines is 1. The minimum absolute atomic E-state index is 0.0293. The van der Waals surface area contributed by atoms with Crippen molar-refractivity contribution in [3.05, 3.63) is 57.1 Å². The Balaban J connectivity index is 1.46. The highest BCUT2D eigenvalue weighted by Crippen LogP contribution is 2.43. The van der Waals surface area contributed by atoms with Gasteiger partial charge in [-0.15, -0.1) is 23.1 Å². The number of aromatic nitrogens is 1. The Morgan fingerprint density at radius 1 is 1.33 bits per heavy atom. The Bertz CT molecular complexity index is 1390. The number of carbonyl (C=O) groups is 4. The van der Waals surface area contributed by atoms with Gasteiger partial charge in [0, 0.05) is 29.8 Å². The maximum Gasteiger partial charge on any atom is 0.344 e. The molecule has 0 saturated carbocycles. The molecule has 2 amide bonds. The lowest BCUT2D eigenvalue weighted by Crippen LogP contribution is -2.73. The van der Waals surface area contributed by atoms with Crippen LogP contribution in [0, 0.1) is 15.5 Å². The first-order valence-electron chi connectivity index (χ1n) is 11.0. The van der Waals surface area contributed by atoms with Gasteiger partial charge < -0.3 is 31.0 Å². The van der Waals surface area contributed by atoms with Gasteiger partial charge in [-0.1, -0.05) is 17.3 Å². The number of nitro benzene ring substituents is 1. The van der Waals surface area contributed by atoms with E-state index in [-0.39, 0.29) is 34.5 Å². The number of hydrogen-bond acceptors (Lipinski definition) is 12. The average Bonchev–Trinajstić information content (AvgIpc) is 3.33. The van der Waals surface area contributed by atoms with Crippen LogP contribution < -0.4 is 11.1 Å². The lowest BCUT2D eigenvalue weighted by molar-refractivity contribution is -0.384. The van der Waals surface area contributed by atoms with E-state index in [9.17, 15) is 34.4 Å². The summed E-state index contributed by atoms with van der Waals surface area (Å²) in [4.78, 5) is 69.1. The predicted molar refractivity (Wildman–Crippen MR) is 139 cm³/mol. The topological polar surface area (TPSA) is 228 Å². The fourth-order valence-electron chi connectivity index (χ4n) is 3.82. The zero-order valence-electron chi connectivity index (χ0n) is 19.8. The van der Waals surface area contributed by atoms with Crippen molar-refractivity contribution in [2.24, 2.45) is 10.6 Å². The number of benzene rings is 1. The van der Waals surface area contributed by atoms with Crippen molar-refractivity contribution < 1.29 is 39.2 Å².